The summed E-state index contributed by atoms with van der Waals surface area (Å²) < 4.78 is 0. The van der Waals surface area contributed by atoms with Gasteiger partial charge in [0.25, 0.3) is 0 Å². The molecule has 5 N–H and O–H groups in total. The molecule has 0 aliphatic rings. The molecule has 0 saturated heterocycles. The van der Waals surface area contributed by atoms with Crippen molar-refractivity contribution in [2.75, 3.05) is 13.2 Å². The third kappa shape index (κ3) is 14.7. The van der Waals surface area contributed by atoms with Crippen molar-refractivity contribution in [2.24, 2.45) is 23.7 Å². The van der Waals surface area contributed by atoms with Gasteiger partial charge in [-0.3, -0.25) is 9.59 Å². The Bertz CT molecular complexity index is 390. The SMILES string of the molecule is CCCCC(CC)CC(C(=O)O)C(CC(CC)CCCC)C(=O)O.OCC(O)CO. The highest BCUT2D eigenvalue weighted by Crippen LogP contribution is 2.32. The number of aliphatic carboxylic acids is 2. The quantitative estimate of drug-likeness (QED) is 0.234. The summed E-state index contributed by atoms with van der Waals surface area (Å²) in [6.45, 7) is 7.67. The number of aliphatic hydroxyl groups excluding tert-OH is 3. The van der Waals surface area contributed by atoms with E-state index in [4.69, 9.17) is 15.3 Å². The first-order chi connectivity index (χ1) is 14.2. The average molecular weight is 435 g/mol. The summed E-state index contributed by atoms with van der Waals surface area (Å²) in [6.07, 6.45) is 8.20. The summed E-state index contributed by atoms with van der Waals surface area (Å²) in [5.41, 5.74) is 0. The van der Waals surface area contributed by atoms with Crippen LogP contribution in [0.4, 0.5) is 0 Å². The molecule has 0 aliphatic carbocycles. The Morgan fingerprint density at radius 1 is 0.700 bits per heavy atom. The zero-order valence-corrected chi connectivity index (χ0v) is 19.4. The lowest BCUT2D eigenvalue weighted by Crippen LogP contribution is -2.33. The van der Waals surface area contributed by atoms with Crippen molar-refractivity contribution < 1.29 is 35.1 Å². The number of rotatable bonds is 17. The van der Waals surface area contributed by atoms with Gasteiger partial charge in [-0.15, -0.1) is 0 Å². The first-order valence-electron chi connectivity index (χ1n) is 11.6. The van der Waals surface area contributed by atoms with Gasteiger partial charge in [0.2, 0.25) is 0 Å². The molecule has 0 aromatic carbocycles. The van der Waals surface area contributed by atoms with Gasteiger partial charge in [0.05, 0.1) is 25.0 Å². The Kier molecular flexibility index (Phi) is 20.4. The molecule has 0 spiro atoms. The molecule has 0 aliphatic heterocycles. The van der Waals surface area contributed by atoms with Crippen LogP contribution in [0.25, 0.3) is 0 Å². The Balaban J connectivity index is 0. The van der Waals surface area contributed by atoms with E-state index in [9.17, 15) is 19.8 Å². The summed E-state index contributed by atoms with van der Waals surface area (Å²) in [5.74, 6) is -2.79. The summed E-state index contributed by atoms with van der Waals surface area (Å²) in [6, 6.07) is 0. The monoisotopic (exact) mass is 434 g/mol. The van der Waals surface area contributed by atoms with Crippen LogP contribution >= 0.6 is 0 Å². The molecule has 0 bridgehead atoms. The summed E-state index contributed by atoms with van der Waals surface area (Å²) in [7, 11) is 0. The molecule has 0 saturated carbocycles. The van der Waals surface area contributed by atoms with Crippen molar-refractivity contribution in [2.45, 2.75) is 98.0 Å². The molecule has 0 fully saturated rings. The molecule has 0 radical (unpaired) electrons. The molecule has 4 atom stereocenters. The second-order valence-electron chi connectivity index (χ2n) is 8.21. The van der Waals surface area contributed by atoms with E-state index in [0.29, 0.717) is 24.7 Å². The number of carbonyl (C=O) groups is 2. The fraction of sp³-hybridized carbons (Fsp3) is 0.913. The minimum absolute atomic E-state index is 0.309. The van der Waals surface area contributed by atoms with Crippen LogP contribution in [0.1, 0.15) is 91.9 Å². The summed E-state index contributed by atoms with van der Waals surface area (Å²) >= 11 is 0. The molecule has 0 rings (SSSR count). The van der Waals surface area contributed by atoms with Crippen LogP contribution in [-0.4, -0.2) is 56.8 Å². The predicted octanol–water partition coefficient (Wildman–Crippen LogP) is 3.93. The Labute approximate surface area is 182 Å². The highest BCUT2D eigenvalue weighted by atomic mass is 16.4. The first kappa shape index (κ1) is 31.0. The van der Waals surface area contributed by atoms with Crippen molar-refractivity contribution >= 4 is 11.9 Å². The first-order valence-corrected chi connectivity index (χ1v) is 11.6. The zero-order valence-electron chi connectivity index (χ0n) is 19.4. The van der Waals surface area contributed by atoms with Crippen LogP contribution in [-0.2, 0) is 9.59 Å². The van der Waals surface area contributed by atoms with Crippen molar-refractivity contribution in [3.05, 3.63) is 0 Å². The molecule has 180 valence electrons. The van der Waals surface area contributed by atoms with Crippen LogP contribution in [0.2, 0.25) is 0 Å². The van der Waals surface area contributed by atoms with Crippen molar-refractivity contribution in [3.63, 3.8) is 0 Å². The van der Waals surface area contributed by atoms with Gasteiger partial charge in [-0.25, -0.2) is 0 Å². The highest BCUT2D eigenvalue weighted by Gasteiger charge is 2.36. The molecular formula is C23H46O7. The lowest BCUT2D eigenvalue weighted by molar-refractivity contribution is -0.155. The van der Waals surface area contributed by atoms with E-state index in [-0.39, 0.29) is 13.2 Å². The second kappa shape index (κ2) is 19.8. The van der Waals surface area contributed by atoms with E-state index in [1.54, 1.807) is 0 Å². The predicted molar refractivity (Wildman–Crippen MR) is 118 cm³/mol. The van der Waals surface area contributed by atoms with Gasteiger partial charge < -0.3 is 25.5 Å². The Morgan fingerprint density at radius 2 is 1.03 bits per heavy atom. The Morgan fingerprint density at radius 3 is 1.20 bits per heavy atom. The molecule has 0 aromatic rings. The lowest BCUT2D eigenvalue weighted by Gasteiger charge is -2.27. The van der Waals surface area contributed by atoms with Gasteiger partial charge >= 0.3 is 11.9 Å². The average Bonchev–Trinajstić information content (AvgIpc) is 2.74. The minimum Gasteiger partial charge on any atom is -0.481 e. The largest absolute Gasteiger partial charge is 0.481 e. The van der Waals surface area contributed by atoms with Gasteiger partial charge in [0, 0.05) is 0 Å². The van der Waals surface area contributed by atoms with E-state index in [1.807, 2.05) is 0 Å². The fourth-order valence-electron chi connectivity index (χ4n) is 3.61. The minimum atomic E-state index is -0.954. The molecule has 7 heteroatoms. The van der Waals surface area contributed by atoms with Crippen molar-refractivity contribution in [1.82, 2.24) is 0 Å². The normalized spacial score (nSPS) is 15.1. The summed E-state index contributed by atoms with van der Waals surface area (Å²) in [5, 5.41) is 43.3. The smallest absolute Gasteiger partial charge is 0.307 e. The van der Waals surface area contributed by atoms with Crippen molar-refractivity contribution in [1.29, 1.82) is 0 Å². The number of aliphatic hydroxyl groups is 3. The maximum atomic E-state index is 11.8. The van der Waals surface area contributed by atoms with Crippen LogP contribution in [0.5, 0.6) is 0 Å². The van der Waals surface area contributed by atoms with Gasteiger partial charge in [-0.2, -0.15) is 0 Å². The molecule has 0 aromatic heterocycles. The topological polar surface area (TPSA) is 135 Å². The van der Waals surface area contributed by atoms with E-state index in [2.05, 4.69) is 27.7 Å². The third-order valence-electron chi connectivity index (χ3n) is 5.80. The number of unbranched alkanes of at least 4 members (excludes halogenated alkanes) is 2. The highest BCUT2D eigenvalue weighted by molar-refractivity contribution is 5.80. The maximum Gasteiger partial charge on any atom is 0.307 e. The molecule has 4 unspecified atom stereocenters. The van der Waals surface area contributed by atoms with E-state index < -0.39 is 29.9 Å². The molecule has 0 heterocycles. The molecule has 30 heavy (non-hydrogen) atoms. The molecule has 7 nitrogen and oxygen atoms in total. The number of hydrogen-bond donors (Lipinski definition) is 5. The van der Waals surface area contributed by atoms with Crippen molar-refractivity contribution in [3.8, 4) is 0 Å². The maximum absolute atomic E-state index is 11.8. The van der Waals surface area contributed by atoms with Crippen LogP contribution < -0.4 is 0 Å². The lowest BCUT2D eigenvalue weighted by atomic mass is 9.76. The standard InChI is InChI=1S/C20H38O4.C3H8O3/c1-5-9-11-15(7-3)13-17(19(21)22)18(20(23)24)14-16(8-4)12-10-6-2;4-1-3(6)2-5/h15-18H,5-14H2,1-4H3,(H,21,22)(H,23,24);3-6H,1-2H2. The number of hydrogen-bond acceptors (Lipinski definition) is 5. The fourth-order valence-corrected chi connectivity index (χ4v) is 3.61. The van der Waals surface area contributed by atoms with Gasteiger partial charge in [0.15, 0.2) is 0 Å². The van der Waals surface area contributed by atoms with Gasteiger partial charge in [-0.1, -0.05) is 79.1 Å². The zero-order chi connectivity index (χ0) is 23.5. The second-order valence-corrected chi connectivity index (χ2v) is 8.21. The van der Waals surface area contributed by atoms with Gasteiger partial charge in [-0.05, 0) is 24.7 Å². The van der Waals surface area contributed by atoms with Crippen LogP contribution in [0.15, 0.2) is 0 Å². The third-order valence-corrected chi connectivity index (χ3v) is 5.80. The van der Waals surface area contributed by atoms with Crippen LogP contribution in [0.3, 0.4) is 0 Å². The summed E-state index contributed by atoms with van der Waals surface area (Å²) in [4.78, 5) is 23.6. The number of carboxylic acids is 2. The van der Waals surface area contributed by atoms with E-state index in [1.165, 1.54) is 0 Å². The van der Waals surface area contributed by atoms with E-state index >= 15 is 0 Å². The molecular weight excluding hydrogens is 388 g/mol. The van der Waals surface area contributed by atoms with Crippen LogP contribution in [0, 0.1) is 23.7 Å². The van der Waals surface area contributed by atoms with Gasteiger partial charge in [0.1, 0.15) is 6.10 Å². The molecule has 0 amide bonds. The Hall–Kier alpha value is -1.18. The number of carboxylic acid groups (broad SMARTS) is 2. The van der Waals surface area contributed by atoms with E-state index in [0.717, 1.165) is 51.4 Å².